The van der Waals surface area contributed by atoms with Crippen molar-refractivity contribution >= 4 is 11.9 Å². The normalized spacial score (nSPS) is 26.2. The Morgan fingerprint density at radius 2 is 2.04 bits per heavy atom. The van der Waals surface area contributed by atoms with E-state index in [2.05, 4.69) is 5.16 Å². The molecule has 1 aromatic heterocycles. The molecule has 3 heterocycles. The van der Waals surface area contributed by atoms with Crippen molar-refractivity contribution < 1.29 is 24.0 Å². The number of likely N-dealkylation sites (tertiary alicyclic amines) is 1. The van der Waals surface area contributed by atoms with Crippen LogP contribution in [0, 0.1) is 5.92 Å². The molecule has 3 rings (SSSR count). The van der Waals surface area contributed by atoms with Crippen molar-refractivity contribution in [1.82, 2.24) is 10.1 Å². The molecular weight excluding hydrogens is 300 g/mol. The molecule has 2 aliphatic rings. The summed E-state index contributed by atoms with van der Waals surface area (Å²) in [6.45, 7) is 4.04. The van der Waals surface area contributed by atoms with Gasteiger partial charge in [0.2, 0.25) is 11.7 Å². The Morgan fingerprint density at radius 3 is 2.65 bits per heavy atom. The second-order valence-corrected chi connectivity index (χ2v) is 6.42. The number of carboxylic acids is 1. The molecule has 23 heavy (non-hydrogen) atoms. The quantitative estimate of drug-likeness (QED) is 0.913. The van der Waals surface area contributed by atoms with Crippen LogP contribution in [0.4, 0.5) is 0 Å². The highest BCUT2D eigenvalue weighted by molar-refractivity contribution is 5.84. The fraction of sp³-hybridized carbons (Fsp3) is 0.688. The van der Waals surface area contributed by atoms with Gasteiger partial charge in [0.15, 0.2) is 0 Å². The van der Waals surface area contributed by atoms with Crippen molar-refractivity contribution in [3.63, 3.8) is 0 Å². The first-order valence-electron chi connectivity index (χ1n) is 8.15. The first kappa shape index (κ1) is 16.0. The van der Waals surface area contributed by atoms with Gasteiger partial charge in [-0.1, -0.05) is 5.16 Å². The van der Waals surface area contributed by atoms with E-state index >= 15 is 0 Å². The van der Waals surface area contributed by atoms with E-state index in [1.54, 1.807) is 0 Å². The zero-order valence-corrected chi connectivity index (χ0v) is 13.2. The lowest BCUT2D eigenvalue weighted by Crippen LogP contribution is -2.43. The second-order valence-electron chi connectivity index (χ2n) is 6.42. The summed E-state index contributed by atoms with van der Waals surface area (Å²) in [4.78, 5) is 25.4. The number of hydrogen-bond donors (Lipinski definition) is 1. The largest absolute Gasteiger partial charge is 0.475 e. The number of aromatic carboxylic acids is 1. The molecular formula is C16H22N2O5. The number of rotatable bonds is 3. The summed E-state index contributed by atoms with van der Waals surface area (Å²) in [6.07, 6.45) is 3.32. The van der Waals surface area contributed by atoms with Crippen LogP contribution in [0.3, 0.4) is 0 Å². The third-order valence-corrected chi connectivity index (χ3v) is 4.80. The Hall–Kier alpha value is -1.89. The Morgan fingerprint density at radius 1 is 1.30 bits per heavy atom. The van der Waals surface area contributed by atoms with Crippen LogP contribution in [-0.2, 0) is 9.53 Å². The molecule has 2 fully saturated rings. The topological polar surface area (TPSA) is 92.9 Å². The lowest BCUT2D eigenvalue weighted by Gasteiger charge is -2.35. The Labute approximate surface area is 134 Å². The van der Waals surface area contributed by atoms with Crippen LogP contribution in [0.15, 0.2) is 10.6 Å². The Bertz CT molecular complexity index is 577. The first-order valence-corrected chi connectivity index (χ1v) is 8.15. The number of hydrogen-bond acceptors (Lipinski definition) is 5. The van der Waals surface area contributed by atoms with Gasteiger partial charge < -0.3 is 19.3 Å². The van der Waals surface area contributed by atoms with Crippen molar-refractivity contribution in [2.45, 2.75) is 44.6 Å². The van der Waals surface area contributed by atoms with E-state index in [0.717, 1.165) is 25.7 Å². The summed E-state index contributed by atoms with van der Waals surface area (Å²) in [5.74, 6) is -0.782. The van der Waals surface area contributed by atoms with Crippen molar-refractivity contribution in [1.29, 1.82) is 0 Å². The van der Waals surface area contributed by atoms with E-state index in [-0.39, 0.29) is 29.6 Å². The summed E-state index contributed by atoms with van der Waals surface area (Å²) < 4.78 is 10.3. The average molecular weight is 322 g/mol. The average Bonchev–Trinajstić information content (AvgIpc) is 3.04. The molecule has 0 aliphatic carbocycles. The van der Waals surface area contributed by atoms with Gasteiger partial charge in [-0.05, 0) is 32.6 Å². The van der Waals surface area contributed by atoms with Crippen molar-refractivity contribution in [2.75, 3.05) is 19.7 Å². The minimum Gasteiger partial charge on any atom is -0.475 e. The SMILES string of the molecule is CC1CC(C(=O)N2CCC(c3cc(C(=O)O)on3)CC2)CCO1. The maximum atomic E-state index is 12.6. The van der Waals surface area contributed by atoms with Crippen LogP contribution in [0.5, 0.6) is 0 Å². The number of nitrogens with zero attached hydrogens (tertiary/aromatic N) is 2. The van der Waals surface area contributed by atoms with Gasteiger partial charge in [-0.25, -0.2) is 4.79 Å². The minimum atomic E-state index is -1.11. The van der Waals surface area contributed by atoms with Gasteiger partial charge in [0.05, 0.1) is 11.8 Å². The third-order valence-electron chi connectivity index (χ3n) is 4.80. The maximum absolute atomic E-state index is 12.6. The number of piperidine rings is 1. The summed E-state index contributed by atoms with van der Waals surface area (Å²) in [7, 11) is 0. The molecule has 0 aromatic carbocycles. The molecule has 0 radical (unpaired) electrons. The third kappa shape index (κ3) is 3.55. The fourth-order valence-corrected chi connectivity index (χ4v) is 3.46. The van der Waals surface area contributed by atoms with Gasteiger partial charge in [-0.3, -0.25) is 4.79 Å². The van der Waals surface area contributed by atoms with Gasteiger partial charge >= 0.3 is 5.97 Å². The van der Waals surface area contributed by atoms with E-state index in [1.165, 1.54) is 6.07 Å². The molecule has 126 valence electrons. The van der Waals surface area contributed by atoms with Gasteiger partial charge in [-0.2, -0.15) is 0 Å². The van der Waals surface area contributed by atoms with Gasteiger partial charge in [0, 0.05) is 37.6 Å². The molecule has 0 bridgehead atoms. The van der Waals surface area contributed by atoms with E-state index in [1.807, 2.05) is 11.8 Å². The zero-order valence-electron chi connectivity index (χ0n) is 13.2. The van der Waals surface area contributed by atoms with Gasteiger partial charge in [0.25, 0.3) is 0 Å². The zero-order chi connectivity index (χ0) is 16.4. The highest BCUT2D eigenvalue weighted by atomic mass is 16.5. The first-order chi connectivity index (χ1) is 11.0. The Balaban J connectivity index is 1.55. The summed E-state index contributed by atoms with van der Waals surface area (Å²) in [5.41, 5.74) is 0.675. The summed E-state index contributed by atoms with van der Waals surface area (Å²) >= 11 is 0. The van der Waals surface area contributed by atoms with Crippen LogP contribution in [0.2, 0.25) is 0 Å². The Kier molecular flexibility index (Phi) is 4.66. The van der Waals surface area contributed by atoms with Crippen molar-refractivity contribution in [3.05, 3.63) is 17.5 Å². The standard InChI is InChI=1S/C16H22N2O5/c1-10-8-12(4-7-22-10)15(19)18-5-2-11(3-6-18)13-9-14(16(20)21)23-17-13/h9-12H,2-8H2,1H3,(H,20,21). The molecule has 1 aromatic rings. The molecule has 1 amide bonds. The number of amides is 1. The fourth-order valence-electron chi connectivity index (χ4n) is 3.46. The molecule has 2 aliphatic heterocycles. The van der Waals surface area contributed by atoms with Crippen molar-refractivity contribution in [2.24, 2.45) is 5.92 Å². The van der Waals surface area contributed by atoms with Gasteiger partial charge in [0.1, 0.15) is 0 Å². The van der Waals surface area contributed by atoms with Crippen LogP contribution in [0.1, 0.15) is 54.8 Å². The highest BCUT2D eigenvalue weighted by Crippen LogP contribution is 2.30. The van der Waals surface area contributed by atoms with E-state index in [0.29, 0.717) is 25.4 Å². The van der Waals surface area contributed by atoms with Crippen molar-refractivity contribution in [3.8, 4) is 0 Å². The molecule has 7 heteroatoms. The predicted octanol–water partition coefficient (Wildman–Crippen LogP) is 1.89. The number of carbonyl (C=O) groups excluding carboxylic acids is 1. The molecule has 1 N–H and O–H groups in total. The molecule has 0 saturated carbocycles. The maximum Gasteiger partial charge on any atom is 0.374 e. The monoisotopic (exact) mass is 322 g/mol. The highest BCUT2D eigenvalue weighted by Gasteiger charge is 2.32. The molecule has 0 spiro atoms. The van der Waals surface area contributed by atoms with E-state index < -0.39 is 5.97 Å². The predicted molar refractivity (Wildman–Crippen MR) is 80.2 cm³/mol. The van der Waals surface area contributed by atoms with E-state index in [9.17, 15) is 9.59 Å². The van der Waals surface area contributed by atoms with E-state index in [4.69, 9.17) is 14.4 Å². The lowest BCUT2D eigenvalue weighted by molar-refractivity contribution is -0.141. The number of carbonyl (C=O) groups is 2. The van der Waals surface area contributed by atoms with Crippen LogP contribution < -0.4 is 0 Å². The number of aromatic nitrogens is 1. The number of ether oxygens (including phenoxy) is 1. The van der Waals surface area contributed by atoms with Gasteiger partial charge in [-0.15, -0.1) is 0 Å². The van der Waals surface area contributed by atoms with Crippen LogP contribution >= 0.6 is 0 Å². The second kappa shape index (κ2) is 6.70. The van der Waals surface area contributed by atoms with Crippen LogP contribution in [-0.4, -0.2) is 52.8 Å². The van der Waals surface area contributed by atoms with Crippen LogP contribution in [0.25, 0.3) is 0 Å². The molecule has 2 unspecified atom stereocenters. The molecule has 7 nitrogen and oxygen atoms in total. The minimum absolute atomic E-state index is 0.0703. The molecule has 2 atom stereocenters. The summed E-state index contributed by atoms with van der Waals surface area (Å²) in [6, 6.07) is 1.49. The molecule has 2 saturated heterocycles. The smallest absolute Gasteiger partial charge is 0.374 e. The summed E-state index contributed by atoms with van der Waals surface area (Å²) in [5, 5.41) is 12.7. The number of carboxylic acid groups (broad SMARTS) is 1. The lowest BCUT2D eigenvalue weighted by atomic mass is 9.90.